The largest absolute Gasteiger partial charge is 0.399 e. The molecule has 2 N–H and O–H groups in total. The highest BCUT2D eigenvalue weighted by Gasteiger charge is 2.20. The minimum absolute atomic E-state index is 0.0527. The second kappa shape index (κ2) is 4.04. The molecule has 82 valence electrons. The molecule has 1 aliphatic heterocycles. The van der Waals surface area contributed by atoms with Crippen LogP contribution in [-0.4, -0.2) is 13.1 Å². The van der Waals surface area contributed by atoms with Gasteiger partial charge < -0.3 is 10.6 Å². The average Bonchev–Trinajstić information content (AvgIpc) is 2.70. The molecule has 1 aliphatic rings. The Morgan fingerprint density at radius 1 is 1.20 bits per heavy atom. The van der Waals surface area contributed by atoms with E-state index in [0.717, 1.165) is 25.9 Å². The molecular formula is C11H14F2N2. The van der Waals surface area contributed by atoms with Crippen LogP contribution < -0.4 is 10.6 Å². The Labute approximate surface area is 87.7 Å². The molecule has 1 aromatic carbocycles. The van der Waals surface area contributed by atoms with E-state index in [2.05, 4.69) is 0 Å². The molecular weight excluding hydrogens is 198 g/mol. The normalized spacial score (nSPS) is 16.3. The lowest BCUT2D eigenvalue weighted by Gasteiger charge is -2.21. The second-order valence-corrected chi connectivity index (χ2v) is 3.81. The highest BCUT2D eigenvalue weighted by Crippen LogP contribution is 2.33. The smallest absolute Gasteiger partial charge is 0.265 e. The fourth-order valence-corrected chi connectivity index (χ4v) is 1.99. The van der Waals surface area contributed by atoms with Gasteiger partial charge in [-0.15, -0.1) is 0 Å². The molecule has 0 bridgehead atoms. The number of anilines is 2. The molecule has 0 atom stereocenters. The Morgan fingerprint density at radius 3 is 2.47 bits per heavy atom. The van der Waals surface area contributed by atoms with Crippen LogP contribution in [0.25, 0.3) is 0 Å². The molecule has 0 aromatic heterocycles. The third-order valence-electron chi connectivity index (χ3n) is 2.73. The highest BCUT2D eigenvalue weighted by atomic mass is 19.3. The highest BCUT2D eigenvalue weighted by molar-refractivity contribution is 5.60. The lowest BCUT2D eigenvalue weighted by atomic mass is 10.1. The number of nitrogens with zero attached hydrogens (tertiary/aromatic N) is 1. The predicted octanol–water partition coefficient (Wildman–Crippen LogP) is 2.81. The predicted molar refractivity (Wildman–Crippen MR) is 57.3 cm³/mol. The van der Waals surface area contributed by atoms with E-state index in [-0.39, 0.29) is 5.56 Å². The van der Waals surface area contributed by atoms with Gasteiger partial charge >= 0.3 is 0 Å². The maximum Gasteiger partial charge on any atom is 0.265 e. The quantitative estimate of drug-likeness (QED) is 0.764. The number of hydrogen-bond donors (Lipinski definition) is 1. The zero-order valence-corrected chi connectivity index (χ0v) is 8.42. The number of alkyl halides is 2. The van der Waals surface area contributed by atoms with Gasteiger partial charge in [-0.2, -0.15) is 0 Å². The monoisotopic (exact) mass is 212 g/mol. The number of benzene rings is 1. The summed E-state index contributed by atoms with van der Waals surface area (Å²) in [6.45, 7) is 1.73. The van der Waals surface area contributed by atoms with Gasteiger partial charge in [0, 0.05) is 30.0 Å². The van der Waals surface area contributed by atoms with Crippen LogP contribution in [0.5, 0.6) is 0 Å². The van der Waals surface area contributed by atoms with Gasteiger partial charge in [0.05, 0.1) is 0 Å². The first-order chi connectivity index (χ1) is 7.18. The standard InChI is InChI=1S/C11H14F2N2/c12-11(13)9-7-8(14)3-4-10(9)15-5-1-2-6-15/h3-4,7,11H,1-2,5-6,14H2. The van der Waals surface area contributed by atoms with Crippen LogP contribution in [0, 0.1) is 0 Å². The lowest BCUT2D eigenvalue weighted by molar-refractivity contribution is 0.152. The van der Waals surface area contributed by atoms with E-state index >= 15 is 0 Å². The van der Waals surface area contributed by atoms with E-state index in [4.69, 9.17) is 5.73 Å². The van der Waals surface area contributed by atoms with Crippen molar-refractivity contribution in [1.82, 2.24) is 0 Å². The summed E-state index contributed by atoms with van der Waals surface area (Å²) in [6.07, 6.45) is -0.302. The fraction of sp³-hybridized carbons (Fsp3) is 0.455. The van der Waals surface area contributed by atoms with Crippen molar-refractivity contribution < 1.29 is 8.78 Å². The van der Waals surface area contributed by atoms with Gasteiger partial charge in [-0.1, -0.05) is 0 Å². The molecule has 0 aliphatic carbocycles. The minimum Gasteiger partial charge on any atom is -0.399 e. The van der Waals surface area contributed by atoms with Crippen molar-refractivity contribution in [3.8, 4) is 0 Å². The van der Waals surface area contributed by atoms with Crippen molar-refractivity contribution in [1.29, 1.82) is 0 Å². The molecule has 2 rings (SSSR count). The molecule has 4 heteroatoms. The van der Waals surface area contributed by atoms with Crippen molar-refractivity contribution in [2.45, 2.75) is 19.3 Å². The van der Waals surface area contributed by atoms with Crippen molar-refractivity contribution in [2.75, 3.05) is 23.7 Å². The van der Waals surface area contributed by atoms with Gasteiger partial charge in [-0.05, 0) is 31.0 Å². The maximum atomic E-state index is 12.8. The summed E-state index contributed by atoms with van der Waals surface area (Å²) in [6, 6.07) is 4.75. The Morgan fingerprint density at radius 2 is 1.87 bits per heavy atom. The third-order valence-corrected chi connectivity index (χ3v) is 2.73. The molecule has 0 amide bonds. The number of halogens is 2. The van der Waals surface area contributed by atoms with Crippen LogP contribution >= 0.6 is 0 Å². The molecule has 0 radical (unpaired) electrons. The number of rotatable bonds is 2. The summed E-state index contributed by atoms with van der Waals surface area (Å²) in [5.41, 5.74) is 6.60. The topological polar surface area (TPSA) is 29.3 Å². The molecule has 1 aromatic rings. The Balaban J connectivity index is 2.36. The van der Waals surface area contributed by atoms with Crippen LogP contribution in [0.3, 0.4) is 0 Å². The summed E-state index contributed by atoms with van der Waals surface area (Å²) in [7, 11) is 0. The van der Waals surface area contributed by atoms with E-state index in [1.807, 2.05) is 4.90 Å². The Kier molecular flexibility index (Phi) is 2.75. The third kappa shape index (κ3) is 2.03. The van der Waals surface area contributed by atoms with E-state index in [1.54, 1.807) is 12.1 Å². The first kappa shape index (κ1) is 10.2. The van der Waals surface area contributed by atoms with Gasteiger partial charge in [0.25, 0.3) is 6.43 Å². The second-order valence-electron chi connectivity index (χ2n) is 3.81. The van der Waals surface area contributed by atoms with Crippen molar-refractivity contribution in [3.05, 3.63) is 23.8 Å². The molecule has 1 fully saturated rings. The lowest BCUT2D eigenvalue weighted by Crippen LogP contribution is -2.19. The SMILES string of the molecule is Nc1ccc(N2CCCC2)c(C(F)F)c1. The zero-order chi connectivity index (χ0) is 10.8. The van der Waals surface area contributed by atoms with E-state index in [9.17, 15) is 8.78 Å². The van der Waals surface area contributed by atoms with Gasteiger partial charge in [-0.3, -0.25) is 0 Å². The maximum absolute atomic E-state index is 12.8. The summed E-state index contributed by atoms with van der Waals surface area (Å²) in [5, 5.41) is 0. The number of nitrogens with two attached hydrogens (primary N) is 1. The molecule has 0 saturated carbocycles. The zero-order valence-electron chi connectivity index (χ0n) is 8.42. The summed E-state index contributed by atoms with van der Waals surface area (Å²) >= 11 is 0. The van der Waals surface area contributed by atoms with Gasteiger partial charge in [0.15, 0.2) is 0 Å². The molecule has 1 saturated heterocycles. The Hall–Kier alpha value is -1.32. The van der Waals surface area contributed by atoms with Crippen LogP contribution in [0.2, 0.25) is 0 Å². The van der Waals surface area contributed by atoms with Gasteiger partial charge in [0.1, 0.15) is 0 Å². The van der Waals surface area contributed by atoms with Crippen LogP contribution in [0.4, 0.5) is 20.2 Å². The number of nitrogen functional groups attached to an aromatic ring is 1. The fourth-order valence-electron chi connectivity index (χ4n) is 1.99. The van der Waals surface area contributed by atoms with E-state index in [0.29, 0.717) is 11.4 Å². The molecule has 0 unspecified atom stereocenters. The molecule has 1 heterocycles. The summed E-state index contributed by atoms with van der Waals surface area (Å²) < 4.78 is 25.6. The van der Waals surface area contributed by atoms with E-state index in [1.165, 1.54) is 6.07 Å². The number of hydrogen-bond acceptors (Lipinski definition) is 2. The minimum atomic E-state index is -2.45. The van der Waals surface area contributed by atoms with Crippen molar-refractivity contribution in [3.63, 3.8) is 0 Å². The average molecular weight is 212 g/mol. The van der Waals surface area contributed by atoms with Gasteiger partial charge in [0.2, 0.25) is 0 Å². The molecule has 2 nitrogen and oxygen atoms in total. The van der Waals surface area contributed by atoms with Crippen molar-refractivity contribution in [2.24, 2.45) is 0 Å². The molecule has 15 heavy (non-hydrogen) atoms. The summed E-state index contributed by atoms with van der Waals surface area (Å²) in [4.78, 5) is 2.00. The summed E-state index contributed by atoms with van der Waals surface area (Å²) in [5.74, 6) is 0. The first-order valence-electron chi connectivity index (χ1n) is 5.11. The van der Waals surface area contributed by atoms with Crippen LogP contribution in [0.1, 0.15) is 24.8 Å². The van der Waals surface area contributed by atoms with Crippen LogP contribution in [-0.2, 0) is 0 Å². The Bertz CT molecular complexity index is 346. The van der Waals surface area contributed by atoms with E-state index < -0.39 is 6.43 Å². The van der Waals surface area contributed by atoms with Gasteiger partial charge in [-0.25, -0.2) is 8.78 Å². The molecule has 0 spiro atoms. The first-order valence-corrected chi connectivity index (χ1v) is 5.11. The van der Waals surface area contributed by atoms with Crippen molar-refractivity contribution >= 4 is 11.4 Å². The van der Waals surface area contributed by atoms with Crippen LogP contribution in [0.15, 0.2) is 18.2 Å².